The van der Waals surface area contributed by atoms with E-state index in [2.05, 4.69) is 55.9 Å². The average Bonchev–Trinajstić information content (AvgIpc) is 2.59. The number of allylic oxidation sites excluding steroid dienone is 1. The minimum Gasteiger partial charge on any atom is -0.507 e. The van der Waals surface area contributed by atoms with Crippen LogP contribution >= 0.6 is 0 Å². The second kappa shape index (κ2) is 6.58. The van der Waals surface area contributed by atoms with E-state index in [0.29, 0.717) is 5.69 Å². The fourth-order valence-electron chi connectivity index (χ4n) is 3.38. The van der Waals surface area contributed by atoms with E-state index in [9.17, 15) is 9.90 Å². The van der Waals surface area contributed by atoms with Crippen LogP contribution in [0.2, 0.25) is 0 Å². The number of fused-ring (bicyclic) bond motifs is 1. The van der Waals surface area contributed by atoms with Gasteiger partial charge in [-0.25, -0.2) is 4.79 Å². The molecule has 2 N–H and O–H groups in total. The summed E-state index contributed by atoms with van der Waals surface area (Å²) in [6.07, 6.45) is 3.99. The Labute approximate surface area is 159 Å². The van der Waals surface area contributed by atoms with Crippen LogP contribution in [0.3, 0.4) is 0 Å². The van der Waals surface area contributed by atoms with Crippen LogP contribution < -0.4 is 4.90 Å². The molecule has 140 valence electrons. The fraction of sp³-hybridized carbons (Fsp3) is 0.273. The summed E-state index contributed by atoms with van der Waals surface area (Å²) in [5.41, 5.74) is 5.92. The van der Waals surface area contributed by atoms with Crippen molar-refractivity contribution >= 4 is 29.1 Å². The summed E-state index contributed by atoms with van der Waals surface area (Å²) >= 11 is 0. The van der Waals surface area contributed by atoms with Gasteiger partial charge in [-0.15, -0.1) is 0 Å². The van der Waals surface area contributed by atoms with Gasteiger partial charge in [-0.3, -0.25) is 4.99 Å². The summed E-state index contributed by atoms with van der Waals surface area (Å²) in [6.45, 7) is 8.53. The summed E-state index contributed by atoms with van der Waals surface area (Å²) in [4.78, 5) is 17.8. The van der Waals surface area contributed by atoms with Crippen molar-refractivity contribution in [2.45, 2.75) is 33.2 Å². The first-order chi connectivity index (χ1) is 12.6. The molecule has 0 atom stereocenters. The fourth-order valence-corrected chi connectivity index (χ4v) is 3.38. The molecule has 1 aliphatic rings. The van der Waals surface area contributed by atoms with Crippen molar-refractivity contribution in [3.8, 4) is 5.75 Å². The van der Waals surface area contributed by atoms with Gasteiger partial charge in [-0.1, -0.05) is 6.08 Å². The van der Waals surface area contributed by atoms with E-state index in [1.54, 1.807) is 12.3 Å². The number of nitrogens with zero attached hydrogens (tertiary/aromatic N) is 2. The Balaban J connectivity index is 2.00. The number of aromatic hydroxyl groups is 1. The Morgan fingerprint density at radius 2 is 1.89 bits per heavy atom. The lowest BCUT2D eigenvalue weighted by Gasteiger charge is -2.41. The lowest BCUT2D eigenvalue weighted by Crippen LogP contribution is -2.42. The van der Waals surface area contributed by atoms with Gasteiger partial charge in [0.1, 0.15) is 11.3 Å². The van der Waals surface area contributed by atoms with Crippen molar-refractivity contribution in [1.82, 2.24) is 0 Å². The molecule has 0 saturated carbocycles. The van der Waals surface area contributed by atoms with Crippen LogP contribution in [0, 0.1) is 6.92 Å². The Hall–Kier alpha value is -3.08. The summed E-state index contributed by atoms with van der Waals surface area (Å²) in [7, 11) is 2.10. The molecule has 0 bridgehead atoms. The number of benzene rings is 2. The predicted molar refractivity (Wildman–Crippen MR) is 110 cm³/mol. The molecule has 2 aromatic rings. The topological polar surface area (TPSA) is 73.1 Å². The van der Waals surface area contributed by atoms with Crippen LogP contribution in [-0.2, 0) is 0 Å². The Bertz CT molecular complexity index is 987. The van der Waals surface area contributed by atoms with Gasteiger partial charge in [0.25, 0.3) is 0 Å². The number of hydrogen-bond acceptors (Lipinski definition) is 4. The Morgan fingerprint density at radius 1 is 1.19 bits per heavy atom. The minimum absolute atomic E-state index is 0.0433. The SMILES string of the molecule is CC1=CC(C)(C)N(C)c2cc(C)c(C=Nc3ccc(O)c(C(=O)O)c3)cc21. The van der Waals surface area contributed by atoms with E-state index in [-0.39, 0.29) is 16.9 Å². The van der Waals surface area contributed by atoms with Crippen LogP contribution in [0.5, 0.6) is 5.75 Å². The van der Waals surface area contributed by atoms with Crippen molar-refractivity contribution < 1.29 is 15.0 Å². The van der Waals surface area contributed by atoms with Gasteiger partial charge in [0.05, 0.1) is 11.2 Å². The molecule has 0 aliphatic carbocycles. The van der Waals surface area contributed by atoms with Crippen LogP contribution in [-0.4, -0.2) is 35.0 Å². The molecule has 5 heteroatoms. The number of aliphatic imine (C=N–C) groups is 1. The van der Waals surface area contributed by atoms with Crippen LogP contribution in [0.15, 0.2) is 41.4 Å². The zero-order chi connectivity index (χ0) is 19.9. The highest BCUT2D eigenvalue weighted by molar-refractivity contribution is 5.93. The van der Waals surface area contributed by atoms with Gasteiger partial charge < -0.3 is 15.1 Å². The number of carbonyl (C=O) groups is 1. The molecule has 0 aromatic heterocycles. The van der Waals surface area contributed by atoms with Gasteiger partial charge in [-0.2, -0.15) is 0 Å². The maximum absolute atomic E-state index is 11.2. The summed E-state index contributed by atoms with van der Waals surface area (Å²) in [5, 5.41) is 18.7. The first-order valence-electron chi connectivity index (χ1n) is 8.79. The third-order valence-corrected chi connectivity index (χ3v) is 5.17. The number of phenols is 1. The van der Waals surface area contributed by atoms with Crippen molar-refractivity contribution in [1.29, 1.82) is 0 Å². The molecule has 0 amide bonds. The van der Waals surface area contributed by atoms with Crippen molar-refractivity contribution in [3.63, 3.8) is 0 Å². The lowest BCUT2D eigenvalue weighted by atomic mass is 9.87. The molecule has 3 rings (SSSR count). The third kappa shape index (κ3) is 3.45. The summed E-state index contributed by atoms with van der Waals surface area (Å²) in [5.74, 6) is -1.45. The molecule has 0 unspecified atom stereocenters. The number of carboxylic acids is 1. The van der Waals surface area contributed by atoms with Crippen molar-refractivity contribution in [2.75, 3.05) is 11.9 Å². The molecule has 0 spiro atoms. The van der Waals surface area contributed by atoms with Crippen molar-refractivity contribution in [3.05, 3.63) is 58.7 Å². The van der Waals surface area contributed by atoms with E-state index in [1.807, 2.05) is 6.92 Å². The number of anilines is 1. The van der Waals surface area contributed by atoms with Gasteiger partial charge in [-0.05, 0) is 74.7 Å². The zero-order valence-corrected chi connectivity index (χ0v) is 16.2. The van der Waals surface area contributed by atoms with Crippen LogP contribution in [0.4, 0.5) is 11.4 Å². The predicted octanol–water partition coefficient (Wildman–Crippen LogP) is 4.78. The molecular formula is C22H24N2O3. The second-order valence-electron chi connectivity index (χ2n) is 7.53. The number of rotatable bonds is 3. The first kappa shape index (κ1) is 18.7. The summed E-state index contributed by atoms with van der Waals surface area (Å²) < 4.78 is 0. The molecule has 2 aromatic carbocycles. The van der Waals surface area contributed by atoms with E-state index in [4.69, 9.17) is 5.11 Å². The standard InChI is InChI=1S/C22H24N2O3/c1-13-8-19-17(14(2)11-22(3,4)24(19)5)9-15(13)12-23-16-6-7-20(25)18(10-16)21(26)27/h6-12,25H,1-5H3,(H,26,27). The third-order valence-electron chi connectivity index (χ3n) is 5.17. The van der Waals surface area contributed by atoms with Gasteiger partial charge in [0.15, 0.2) is 0 Å². The molecule has 0 saturated heterocycles. The highest BCUT2D eigenvalue weighted by Gasteiger charge is 2.28. The average molecular weight is 364 g/mol. The number of aromatic carboxylic acids is 1. The molecule has 0 fully saturated rings. The zero-order valence-electron chi connectivity index (χ0n) is 16.2. The van der Waals surface area contributed by atoms with Gasteiger partial charge >= 0.3 is 5.97 Å². The van der Waals surface area contributed by atoms with E-state index in [1.165, 1.54) is 29.0 Å². The van der Waals surface area contributed by atoms with Gasteiger partial charge in [0, 0.05) is 24.5 Å². The number of aryl methyl sites for hydroxylation is 1. The van der Waals surface area contributed by atoms with Crippen LogP contribution in [0.25, 0.3) is 5.57 Å². The maximum Gasteiger partial charge on any atom is 0.339 e. The van der Waals surface area contributed by atoms with E-state index < -0.39 is 5.97 Å². The Kier molecular flexibility index (Phi) is 4.56. The second-order valence-corrected chi connectivity index (χ2v) is 7.53. The molecule has 0 radical (unpaired) electrons. The molecule has 1 heterocycles. The van der Waals surface area contributed by atoms with E-state index >= 15 is 0 Å². The lowest BCUT2D eigenvalue weighted by molar-refractivity contribution is 0.0694. The maximum atomic E-state index is 11.2. The minimum atomic E-state index is -1.18. The summed E-state index contributed by atoms with van der Waals surface area (Å²) in [6, 6.07) is 8.58. The largest absolute Gasteiger partial charge is 0.507 e. The molecule has 27 heavy (non-hydrogen) atoms. The highest BCUT2D eigenvalue weighted by Crippen LogP contribution is 2.39. The van der Waals surface area contributed by atoms with Gasteiger partial charge in [0.2, 0.25) is 0 Å². The smallest absolute Gasteiger partial charge is 0.339 e. The molecular weight excluding hydrogens is 340 g/mol. The normalized spacial score (nSPS) is 15.6. The monoisotopic (exact) mass is 364 g/mol. The molecule has 5 nitrogen and oxygen atoms in total. The molecule has 1 aliphatic heterocycles. The first-order valence-corrected chi connectivity index (χ1v) is 8.79. The Morgan fingerprint density at radius 3 is 2.56 bits per heavy atom. The quantitative estimate of drug-likeness (QED) is 0.769. The number of likely N-dealkylation sites (N-methyl/N-ethyl adjacent to an activating group) is 1. The number of hydrogen-bond donors (Lipinski definition) is 2. The van der Waals surface area contributed by atoms with E-state index in [0.717, 1.165) is 11.1 Å². The van der Waals surface area contributed by atoms with Crippen molar-refractivity contribution in [2.24, 2.45) is 4.99 Å². The number of carboxylic acid groups (broad SMARTS) is 1. The highest BCUT2D eigenvalue weighted by atomic mass is 16.4. The van der Waals surface area contributed by atoms with Crippen LogP contribution in [0.1, 0.15) is 47.8 Å².